The van der Waals surface area contributed by atoms with Gasteiger partial charge in [0.25, 0.3) is 0 Å². The van der Waals surface area contributed by atoms with Gasteiger partial charge < -0.3 is 9.30 Å². The van der Waals surface area contributed by atoms with Gasteiger partial charge in [0.15, 0.2) is 6.23 Å². The quantitative estimate of drug-likeness (QED) is 0.640. The first-order chi connectivity index (χ1) is 5.74. The second-order valence-electron chi connectivity index (χ2n) is 2.48. The number of aromatic nitrogens is 2. The van der Waals surface area contributed by atoms with Crippen molar-refractivity contribution < 1.29 is 9.53 Å². The number of carbonyl (C=O) groups is 1. The van der Waals surface area contributed by atoms with E-state index in [2.05, 4.69) is 4.98 Å². The molecule has 1 aromatic heterocycles. The summed E-state index contributed by atoms with van der Waals surface area (Å²) in [6, 6.07) is 0. The number of ether oxygens (including phenoxy) is 1. The van der Waals surface area contributed by atoms with Crippen LogP contribution in [0, 0.1) is 0 Å². The van der Waals surface area contributed by atoms with Gasteiger partial charge in [0, 0.05) is 25.7 Å². The Balaban J connectivity index is 2.63. The van der Waals surface area contributed by atoms with Crippen molar-refractivity contribution in [1.82, 2.24) is 9.55 Å². The Bertz CT molecular complexity index is 244. The molecule has 4 nitrogen and oxygen atoms in total. The number of carbonyl (C=O) groups excluding carboxylic acids is 1. The highest BCUT2D eigenvalue weighted by atomic mass is 16.6. The monoisotopic (exact) mass is 168 g/mol. The van der Waals surface area contributed by atoms with Crippen molar-refractivity contribution in [3.63, 3.8) is 0 Å². The zero-order chi connectivity index (χ0) is 8.97. The Morgan fingerprint density at radius 3 is 2.92 bits per heavy atom. The second kappa shape index (κ2) is 3.90. The summed E-state index contributed by atoms with van der Waals surface area (Å²) in [5.41, 5.74) is 0. The summed E-state index contributed by atoms with van der Waals surface area (Å²) in [7, 11) is 0. The van der Waals surface area contributed by atoms with Gasteiger partial charge in [-0.2, -0.15) is 0 Å². The Kier molecular flexibility index (Phi) is 2.85. The lowest BCUT2D eigenvalue weighted by atomic mass is 10.4. The molecular formula is C8H12N2O2. The zero-order valence-corrected chi connectivity index (χ0v) is 7.23. The topological polar surface area (TPSA) is 44.1 Å². The molecule has 0 spiro atoms. The number of rotatable bonds is 3. The molecule has 1 heterocycles. The van der Waals surface area contributed by atoms with Crippen LogP contribution in [0.2, 0.25) is 0 Å². The van der Waals surface area contributed by atoms with Crippen LogP contribution in [-0.2, 0) is 9.53 Å². The number of hydrogen-bond acceptors (Lipinski definition) is 3. The molecule has 1 rings (SSSR count). The van der Waals surface area contributed by atoms with E-state index < -0.39 is 0 Å². The minimum Gasteiger partial charge on any atom is -0.441 e. The molecule has 1 aromatic rings. The van der Waals surface area contributed by atoms with E-state index in [0.29, 0.717) is 0 Å². The summed E-state index contributed by atoms with van der Waals surface area (Å²) in [6.45, 7) is 3.35. The molecule has 0 aromatic carbocycles. The molecule has 1 atom stereocenters. The van der Waals surface area contributed by atoms with E-state index in [1.54, 1.807) is 23.3 Å². The van der Waals surface area contributed by atoms with E-state index in [1.165, 1.54) is 6.92 Å². The Morgan fingerprint density at radius 2 is 2.50 bits per heavy atom. The van der Waals surface area contributed by atoms with Crippen LogP contribution in [0.4, 0.5) is 0 Å². The van der Waals surface area contributed by atoms with E-state index in [4.69, 9.17) is 4.74 Å². The number of imidazole rings is 1. The fourth-order valence-corrected chi connectivity index (χ4v) is 0.986. The predicted molar refractivity (Wildman–Crippen MR) is 43.3 cm³/mol. The van der Waals surface area contributed by atoms with E-state index in [9.17, 15) is 4.79 Å². The molecule has 1 unspecified atom stereocenters. The molecule has 0 aliphatic heterocycles. The number of hydrogen-bond donors (Lipinski definition) is 0. The molecule has 0 radical (unpaired) electrons. The van der Waals surface area contributed by atoms with Gasteiger partial charge in [-0.1, -0.05) is 6.92 Å². The van der Waals surface area contributed by atoms with Crippen molar-refractivity contribution in [2.24, 2.45) is 0 Å². The lowest BCUT2D eigenvalue weighted by Gasteiger charge is -2.15. The van der Waals surface area contributed by atoms with Crippen LogP contribution in [0.15, 0.2) is 18.7 Å². The van der Waals surface area contributed by atoms with Crippen molar-refractivity contribution in [3.8, 4) is 0 Å². The molecule has 0 aliphatic rings. The highest BCUT2D eigenvalue weighted by Crippen LogP contribution is 2.11. The zero-order valence-electron chi connectivity index (χ0n) is 7.23. The minimum absolute atomic E-state index is 0.218. The molecule has 66 valence electrons. The lowest BCUT2D eigenvalue weighted by molar-refractivity contribution is -0.151. The normalized spacial score (nSPS) is 12.5. The molecular weight excluding hydrogens is 156 g/mol. The van der Waals surface area contributed by atoms with Crippen LogP contribution in [0.5, 0.6) is 0 Å². The van der Waals surface area contributed by atoms with E-state index in [-0.39, 0.29) is 12.2 Å². The van der Waals surface area contributed by atoms with Gasteiger partial charge in [0.2, 0.25) is 0 Å². The third kappa shape index (κ3) is 2.08. The molecule has 0 amide bonds. The SMILES string of the molecule is CCC(OC(C)=O)n1ccnc1. The van der Waals surface area contributed by atoms with Crippen molar-refractivity contribution in [2.75, 3.05) is 0 Å². The van der Waals surface area contributed by atoms with Crippen LogP contribution in [0.3, 0.4) is 0 Å². The third-order valence-electron chi connectivity index (χ3n) is 1.51. The maximum atomic E-state index is 10.7. The maximum Gasteiger partial charge on any atom is 0.304 e. The van der Waals surface area contributed by atoms with Gasteiger partial charge in [-0.05, 0) is 0 Å². The van der Waals surface area contributed by atoms with Gasteiger partial charge in [-0.25, -0.2) is 4.98 Å². The second-order valence-corrected chi connectivity index (χ2v) is 2.48. The van der Waals surface area contributed by atoms with Gasteiger partial charge >= 0.3 is 5.97 Å². The molecule has 0 bridgehead atoms. The summed E-state index contributed by atoms with van der Waals surface area (Å²) < 4.78 is 6.79. The summed E-state index contributed by atoms with van der Waals surface area (Å²) in [5.74, 6) is -0.268. The minimum atomic E-state index is -0.268. The molecule has 12 heavy (non-hydrogen) atoms. The maximum absolute atomic E-state index is 10.7. The highest BCUT2D eigenvalue weighted by molar-refractivity contribution is 5.65. The third-order valence-corrected chi connectivity index (χ3v) is 1.51. The van der Waals surface area contributed by atoms with Crippen molar-refractivity contribution >= 4 is 5.97 Å². The smallest absolute Gasteiger partial charge is 0.304 e. The average molecular weight is 168 g/mol. The fraction of sp³-hybridized carbons (Fsp3) is 0.500. The van der Waals surface area contributed by atoms with Crippen molar-refractivity contribution in [1.29, 1.82) is 0 Å². The number of esters is 1. The average Bonchev–Trinajstić information content (AvgIpc) is 2.51. The van der Waals surface area contributed by atoms with E-state index in [0.717, 1.165) is 6.42 Å². The van der Waals surface area contributed by atoms with E-state index >= 15 is 0 Å². The Labute approximate surface area is 71.2 Å². The Hall–Kier alpha value is -1.32. The summed E-state index contributed by atoms with van der Waals surface area (Å²) in [4.78, 5) is 14.5. The first kappa shape index (κ1) is 8.77. The van der Waals surface area contributed by atoms with Crippen LogP contribution < -0.4 is 0 Å². The van der Waals surface area contributed by atoms with Gasteiger partial charge in [-0.3, -0.25) is 4.79 Å². The van der Waals surface area contributed by atoms with Crippen molar-refractivity contribution in [3.05, 3.63) is 18.7 Å². The first-order valence-electron chi connectivity index (χ1n) is 3.88. The predicted octanol–water partition coefficient (Wildman–Crippen LogP) is 1.35. The highest BCUT2D eigenvalue weighted by Gasteiger charge is 2.09. The fourth-order valence-electron chi connectivity index (χ4n) is 0.986. The molecule has 0 aliphatic carbocycles. The van der Waals surface area contributed by atoms with Crippen LogP contribution in [0.25, 0.3) is 0 Å². The van der Waals surface area contributed by atoms with Crippen LogP contribution >= 0.6 is 0 Å². The lowest BCUT2D eigenvalue weighted by Crippen LogP contribution is -2.13. The largest absolute Gasteiger partial charge is 0.441 e. The van der Waals surface area contributed by atoms with Gasteiger partial charge in [-0.15, -0.1) is 0 Å². The standard InChI is InChI=1S/C8H12N2O2/c1-3-8(12-7(2)11)10-5-4-9-6-10/h4-6,8H,3H2,1-2H3. The molecule has 0 fully saturated rings. The molecule has 0 saturated heterocycles. The molecule has 0 N–H and O–H groups in total. The summed E-state index contributed by atoms with van der Waals surface area (Å²) in [6.07, 6.45) is 5.60. The van der Waals surface area contributed by atoms with Gasteiger partial charge in [0.1, 0.15) is 0 Å². The summed E-state index contributed by atoms with van der Waals surface area (Å²) in [5, 5.41) is 0. The first-order valence-corrected chi connectivity index (χ1v) is 3.88. The van der Waals surface area contributed by atoms with Crippen molar-refractivity contribution in [2.45, 2.75) is 26.5 Å². The summed E-state index contributed by atoms with van der Waals surface area (Å²) >= 11 is 0. The number of nitrogens with zero attached hydrogens (tertiary/aromatic N) is 2. The van der Waals surface area contributed by atoms with Gasteiger partial charge in [0.05, 0.1) is 6.33 Å². The van der Waals surface area contributed by atoms with Crippen LogP contribution in [-0.4, -0.2) is 15.5 Å². The Morgan fingerprint density at radius 1 is 1.75 bits per heavy atom. The van der Waals surface area contributed by atoms with Crippen LogP contribution in [0.1, 0.15) is 26.5 Å². The van der Waals surface area contributed by atoms with E-state index in [1.807, 2.05) is 6.92 Å². The molecule has 4 heteroatoms. The molecule has 0 saturated carbocycles.